The second-order valence-corrected chi connectivity index (χ2v) is 4.94. The van der Waals surface area contributed by atoms with Crippen molar-refractivity contribution in [3.63, 3.8) is 0 Å². The molecule has 0 aliphatic heterocycles. The molecule has 0 saturated heterocycles. The van der Waals surface area contributed by atoms with Crippen molar-refractivity contribution < 1.29 is 0 Å². The van der Waals surface area contributed by atoms with Crippen LogP contribution in [0.15, 0.2) is 35.7 Å². The van der Waals surface area contributed by atoms with Crippen LogP contribution in [0, 0.1) is 0 Å². The second kappa shape index (κ2) is 5.91. The maximum absolute atomic E-state index is 5.77. The predicted molar refractivity (Wildman–Crippen MR) is 71.7 cm³/mol. The van der Waals surface area contributed by atoms with Gasteiger partial charge in [-0.1, -0.05) is 30.3 Å². The molecule has 1 heterocycles. The largest absolute Gasteiger partial charge is 0.322 e. The Morgan fingerprint density at radius 2 is 2.06 bits per heavy atom. The Hall–Kier alpha value is -1.23. The van der Waals surface area contributed by atoms with E-state index in [0.717, 1.165) is 23.8 Å². The number of benzene rings is 1. The third-order valence-corrected chi connectivity index (χ3v) is 3.53. The van der Waals surface area contributed by atoms with Crippen LogP contribution in [0.2, 0.25) is 0 Å². The lowest BCUT2D eigenvalue weighted by atomic mass is 10.2. The first-order valence-electron chi connectivity index (χ1n) is 5.70. The van der Waals surface area contributed by atoms with Crippen molar-refractivity contribution in [1.29, 1.82) is 0 Å². The van der Waals surface area contributed by atoms with Gasteiger partial charge in [0.1, 0.15) is 5.01 Å². The minimum atomic E-state index is 0.0304. The van der Waals surface area contributed by atoms with E-state index in [4.69, 9.17) is 5.73 Å². The molecule has 0 saturated carbocycles. The third-order valence-electron chi connectivity index (χ3n) is 2.44. The van der Waals surface area contributed by atoms with Gasteiger partial charge in [-0.2, -0.15) is 0 Å². The maximum Gasteiger partial charge on any atom is 0.109 e. The van der Waals surface area contributed by atoms with Crippen LogP contribution in [-0.2, 0) is 13.1 Å². The lowest BCUT2D eigenvalue weighted by Gasteiger charge is -2.02. The van der Waals surface area contributed by atoms with Gasteiger partial charge in [0.05, 0.1) is 11.7 Å². The van der Waals surface area contributed by atoms with Crippen LogP contribution in [0.25, 0.3) is 0 Å². The molecule has 0 aliphatic rings. The predicted octanol–water partition coefficient (Wildman–Crippen LogP) is 2.45. The summed E-state index contributed by atoms with van der Waals surface area (Å²) < 4.78 is 0. The highest BCUT2D eigenvalue weighted by Crippen LogP contribution is 2.15. The van der Waals surface area contributed by atoms with Gasteiger partial charge >= 0.3 is 0 Å². The van der Waals surface area contributed by atoms with Crippen LogP contribution in [0.1, 0.15) is 29.2 Å². The lowest BCUT2D eigenvalue weighted by molar-refractivity contribution is 0.677. The summed E-state index contributed by atoms with van der Waals surface area (Å²) in [5.41, 5.74) is 8.13. The molecule has 0 amide bonds. The van der Waals surface area contributed by atoms with Gasteiger partial charge in [0.25, 0.3) is 0 Å². The van der Waals surface area contributed by atoms with Crippen molar-refractivity contribution >= 4 is 11.3 Å². The monoisotopic (exact) mass is 247 g/mol. The van der Waals surface area contributed by atoms with Crippen molar-refractivity contribution in [1.82, 2.24) is 10.3 Å². The average molecular weight is 247 g/mol. The minimum absolute atomic E-state index is 0.0304. The summed E-state index contributed by atoms with van der Waals surface area (Å²) in [5.74, 6) is 0. The maximum atomic E-state index is 5.77. The molecule has 2 rings (SSSR count). The number of nitrogens with zero attached hydrogens (tertiary/aromatic N) is 1. The Labute approximate surface area is 106 Å². The fraction of sp³-hybridized carbons (Fsp3) is 0.308. The molecule has 1 unspecified atom stereocenters. The van der Waals surface area contributed by atoms with Gasteiger partial charge in [0.15, 0.2) is 0 Å². The van der Waals surface area contributed by atoms with Gasteiger partial charge in [-0.05, 0) is 12.5 Å². The van der Waals surface area contributed by atoms with E-state index in [9.17, 15) is 0 Å². The zero-order valence-electron chi connectivity index (χ0n) is 9.89. The first-order chi connectivity index (χ1) is 8.25. The SMILES string of the molecule is CC(N)c1nc(CNCc2ccccc2)cs1. The Balaban J connectivity index is 1.82. The number of hydrogen-bond donors (Lipinski definition) is 2. The topological polar surface area (TPSA) is 50.9 Å². The Bertz CT molecular complexity index is 451. The summed E-state index contributed by atoms with van der Waals surface area (Å²) in [4.78, 5) is 4.47. The molecular weight excluding hydrogens is 230 g/mol. The van der Waals surface area contributed by atoms with E-state index in [-0.39, 0.29) is 6.04 Å². The van der Waals surface area contributed by atoms with Crippen LogP contribution in [0.4, 0.5) is 0 Å². The highest BCUT2D eigenvalue weighted by Gasteiger charge is 2.05. The van der Waals surface area contributed by atoms with E-state index in [1.54, 1.807) is 11.3 Å². The van der Waals surface area contributed by atoms with Crippen molar-refractivity contribution in [3.05, 3.63) is 52.0 Å². The minimum Gasteiger partial charge on any atom is -0.322 e. The molecule has 17 heavy (non-hydrogen) atoms. The summed E-state index contributed by atoms with van der Waals surface area (Å²) in [6.07, 6.45) is 0. The zero-order valence-corrected chi connectivity index (χ0v) is 10.7. The van der Waals surface area contributed by atoms with Crippen LogP contribution >= 0.6 is 11.3 Å². The van der Waals surface area contributed by atoms with Gasteiger partial charge in [0, 0.05) is 18.5 Å². The molecule has 0 aliphatic carbocycles. The molecule has 0 fully saturated rings. The van der Waals surface area contributed by atoms with Crippen LogP contribution in [-0.4, -0.2) is 4.98 Å². The zero-order chi connectivity index (χ0) is 12.1. The highest BCUT2D eigenvalue weighted by molar-refractivity contribution is 7.09. The molecule has 0 radical (unpaired) electrons. The van der Waals surface area contributed by atoms with Crippen molar-refractivity contribution in [3.8, 4) is 0 Å². The molecule has 0 bridgehead atoms. The van der Waals surface area contributed by atoms with Crippen LogP contribution in [0.5, 0.6) is 0 Å². The van der Waals surface area contributed by atoms with Gasteiger partial charge in [-0.15, -0.1) is 11.3 Å². The van der Waals surface area contributed by atoms with E-state index in [1.807, 2.05) is 25.1 Å². The summed E-state index contributed by atoms with van der Waals surface area (Å²) in [5, 5.41) is 6.44. The summed E-state index contributed by atoms with van der Waals surface area (Å²) >= 11 is 1.63. The molecule has 90 valence electrons. The summed E-state index contributed by atoms with van der Waals surface area (Å²) in [6, 6.07) is 10.4. The Kier molecular flexibility index (Phi) is 4.25. The van der Waals surface area contributed by atoms with E-state index < -0.39 is 0 Å². The van der Waals surface area contributed by atoms with E-state index >= 15 is 0 Å². The fourth-order valence-electron chi connectivity index (χ4n) is 1.54. The molecule has 3 nitrogen and oxygen atoms in total. The number of rotatable bonds is 5. The molecule has 2 aromatic rings. The standard InChI is InChI=1S/C13H17N3S/c1-10(14)13-16-12(9-17-13)8-15-7-11-5-3-2-4-6-11/h2-6,9-10,15H,7-8,14H2,1H3. The lowest BCUT2D eigenvalue weighted by Crippen LogP contribution is -2.13. The summed E-state index contributed by atoms with van der Waals surface area (Å²) in [7, 11) is 0. The van der Waals surface area contributed by atoms with Crippen molar-refractivity contribution in [2.45, 2.75) is 26.1 Å². The first-order valence-corrected chi connectivity index (χ1v) is 6.58. The van der Waals surface area contributed by atoms with Crippen LogP contribution < -0.4 is 11.1 Å². The van der Waals surface area contributed by atoms with Gasteiger partial charge in [-0.25, -0.2) is 4.98 Å². The van der Waals surface area contributed by atoms with E-state index in [1.165, 1.54) is 5.56 Å². The summed E-state index contributed by atoms with van der Waals surface area (Å²) in [6.45, 7) is 3.62. The van der Waals surface area contributed by atoms with Gasteiger partial charge < -0.3 is 11.1 Å². The average Bonchev–Trinajstić information content (AvgIpc) is 2.79. The van der Waals surface area contributed by atoms with E-state index in [2.05, 4.69) is 27.8 Å². The van der Waals surface area contributed by atoms with Crippen molar-refractivity contribution in [2.24, 2.45) is 5.73 Å². The molecule has 1 atom stereocenters. The van der Waals surface area contributed by atoms with Crippen molar-refractivity contribution in [2.75, 3.05) is 0 Å². The first kappa shape index (κ1) is 12.2. The Morgan fingerprint density at radius 3 is 2.71 bits per heavy atom. The fourth-order valence-corrected chi connectivity index (χ4v) is 2.32. The molecular formula is C13H17N3S. The number of hydrogen-bond acceptors (Lipinski definition) is 4. The smallest absolute Gasteiger partial charge is 0.109 e. The number of aromatic nitrogens is 1. The van der Waals surface area contributed by atoms with Gasteiger partial charge in [-0.3, -0.25) is 0 Å². The molecule has 1 aromatic heterocycles. The number of nitrogens with two attached hydrogens (primary N) is 1. The molecule has 0 spiro atoms. The van der Waals surface area contributed by atoms with E-state index in [0.29, 0.717) is 0 Å². The molecule has 3 N–H and O–H groups in total. The number of nitrogens with one attached hydrogen (secondary N) is 1. The third kappa shape index (κ3) is 3.63. The Morgan fingerprint density at radius 1 is 1.29 bits per heavy atom. The number of thiazole rings is 1. The second-order valence-electron chi connectivity index (χ2n) is 4.05. The highest BCUT2D eigenvalue weighted by atomic mass is 32.1. The molecule has 4 heteroatoms. The molecule has 1 aromatic carbocycles. The van der Waals surface area contributed by atoms with Gasteiger partial charge in [0.2, 0.25) is 0 Å². The van der Waals surface area contributed by atoms with Crippen LogP contribution in [0.3, 0.4) is 0 Å². The quantitative estimate of drug-likeness (QED) is 0.853. The normalized spacial score (nSPS) is 12.6.